The first-order valence-electron chi connectivity index (χ1n) is 4.64. The summed E-state index contributed by atoms with van der Waals surface area (Å²) in [5.41, 5.74) is 5.92. The van der Waals surface area contributed by atoms with E-state index in [0.717, 1.165) is 6.20 Å². The summed E-state index contributed by atoms with van der Waals surface area (Å²) in [6.45, 7) is 0. The number of hydrogen-bond acceptors (Lipinski definition) is 3. The predicted molar refractivity (Wildman–Crippen MR) is 70.0 cm³/mol. The maximum atomic E-state index is 10.9. The molecule has 3 N–H and O–H groups in total. The van der Waals surface area contributed by atoms with Gasteiger partial charge in [0, 0.05) is 0 Å². The number of carbonyl (C=O) groups is 1. The van der Waals surface area contributed by atoms with Crippen LogP contribution in [0.3, 0.4) is 0 Å². The zero-order chi connectivity index (χ0) is 13.4. The van der Waals surface area contributed by atoms with E-state index in [9.17, 15) is 4.79 Å². The van der Waals surface area contributed by atoms with E-state index in [0.29, 0.717) is 5.69 Å². The number of aromatic carboxylic acids is 1. The predicted octanol–water partition coefficient (Wildman–Crippen LogP) is 3.11. The Morgan fingerprint density at radius 3 is 2.50 bits per heavy atom. The minimum absolute atomic E-state index is 0.0391. The number of nitrogens with zero attached hydrogens (tertiary/aromatic N) is 2. The maximum absolute atomic E-state index is 10.9. The lowest BCUT2D eigenvalue weighted by Crippen LogP contribution is -2.06. The molecule has 0 amide bonds. The van der Waals surface area contributed by atoms with E-state index in [4.69, 9.17) is 45.6 Å². The van der Waals surface area contributed by atoms with Crippen molar-refractivity contribution in [2.75, 3.05) is 5.73 Å². The van der Waals surface area contributed by atoms with Gasteiger partial charge in [-0.2, -0.15) is 5.10 Å². The second-order valence-corrected chi connectivity index (χ2v) is 4.52. The van der Waals surface area contributed by atoms with E-state index in [1.807, 2.05) is 0 Å². The highest BCUT2D eigenvalue weighted by Gasteiger charge is 2.18. The summed E-state index contributed by atoms with van der Waals surface area (Å²) in [6, 6.07) is 3.07. The summed E-state index contributed by atoms with van der Waals surface area (Å²) >= 11 is 17.7. The molecule has 8 heteroatoms. The number of benzene rings is 1. The molecular formula is C10H6Cl3N3O2. The van der Waals surface area contributed by atoms with Crippen LogP contribution in [0.15, 0.2) is 18.3 Å². The van der Waals surface area contributed by atoms with Gasteiger partial charge in [-0.1, -0.05) is 34.8 Å². The third-order valence-corrected chi connectivity index (χ3v) is 3.56. The Balaban J connectivity index is 2.63. The standard InChI is InChI=1S/C10H6Cl3N3O2/c11-5-1-2-6(8(13)7(5)12)16-9(14)4(3-15-16)10(17)18/h1-3H,14H2,(H,17,18). The Kier molecular flexibility index (Phi) is 3.38. The summed E-state index contributed by atoms with van der Waals surface area (Å²) in [6.07, 6.45) is 1.14. The summed E-state index contributed by atoms with van der Waals surface area (Å²) < 4.78 is 1.19. The van der Waals surface area contributed by atoms with Gasteiger partial charge in [0.25, 0.3) is 0 Å². The van der Waals surface area contributed by atoms with Crippen molar-refractivity contribution in [3.05, 3.63) is 39.0 Å². The molecule has 1 heterocycles. The third kappa shape index (κ3) is 2.01. The fourth-order valence-corrected chi connectivity index (χ4v) is 2.00. The SMILES string of the molecule is Nc1c(C(=O)O)cnn1-c1ccc(Cl)c(Cl)c1Cl. The third-order valence-electron chi connectivity index (χ3n) is 2.28. The van der Waals surface area contributed by atoms with Gasteiger partial charge >= 0.3 is 5.97 Å². The number of rotatable bonds is 2. The van der Waals surface area contributed by atoms with Crippen molar-refractivity contribution in [1.29, 1.82) is 0 Å². The van der Waals surface area contributed by atoms with E-state index >= 15 is 0 Å². The molecular weight excluding hydrogens is 300 g/mol. The van der Waals surface area contributed by atoms with Crippen molar-refractivity contribution >= 4 is 46.6 Å². The highest BCUT2D eigenvalue weighted by Crippen LogP contribution is 2.35. The molecule has 0 radical (unpaired) electrons. The second-order valence-electron chi connectivity index (χ2n) is 3.35. The quantitative estimate of drug-likeness (QED) is 0.835. The molecule has 0 spiro atoms. The van der Waals surface area contributed by atoms with Crippen LogP contribution in [0.25, 0.3) is 5.69 Å². The van der Waals surface area contributed by atoms with Crippen LogP contribution >= 0.6 is 34.8 Å². The Hall–Kier alpha value is -1.43. The second kappa shape index (κ2) is 4.68. The van der Waals surface area contributed by atoms with Crippen LogP contribution in [0.2, 0.25) is 15.1 Å². The molecule has 0 fully saturated rings. The van der Waals surface area contributed by atoms with Crippen molar-refractivity contribution in [3.8, 4) is 5.69 Å². The van der Waals surface area contributed by atoms with E-state index in [2.05, 4.69) is 5.10 Å². The molecule has 1 aromatic heterocycles. The van der Waals surface area contributed by atoms with Crippen LogP contribution in [-0.2, 0) is 0 Å². The molecule has 1 aromatic carbocycles. The smallest absolute Gasteiger partial charge is 0.341 e. The van der Waals surface area contributed by atoms with Gasteiger partial charge in [-0.25, -0.2) is 9.48 Å². The Morgan fingerprint density at radius 1 is 1.28 bits per heavy atom. The monoisotopic (exact) mass is 305 g/mol. The molecule has 2 aromatic rings. The number of anilines is 1. The summed E-state index contributed by atoms with van der Waals surface area (Å²) in [5, 5.41) is 13.3. The Bertz CT molecular complexity index is 640. The van der Waals surface area contributed by atoms with Crippen LogP contribution in [0.5, 0.6) is 0 Å². The van der Waals surface area contributed by atoms with Crippen molar-refractivity contribution in [2.24, 2.45) is 0 Å². The average Bonchev–Trinajstić information content (AvgIpc) is 2.69. The first-order chi connectivity index (χ1) is 8.43. The fraction of sp³-hybridized carbons (Fsp3) is 0. The number of aromatic nitrogens is 2. The number of hydrogen-bond donors (Lipinski definition) is 2. The molecule has 0 aliphatic carbocycles. The summed E-state index contributed by atoms with van der Waals surface area (Å²) in [7, 11) is 0. The molecule has 0 aliphatic heterocycles. The minimum Gasteiger partial charge on any atom is -0.477 e. The highest BCUT2D eigenvalue weighted by molar-refractivity contribution is 6.48. The first kappa shape index (κ1) is 13.0. The van der Waals surface area contributed by atoms with Crippen molar-refractivity contribution in [1.82, 2.24) is 9.78 Å². The molecule has 0 aliphatic rings. The molecule has 0 unspecified atom stereocenters. The zero-order valence-electron chi connectivity index (χ0n) is 8.69. The maximum Gasteiger partial charge on any atom is 0.341 e. The largest absolute Gasteiger partial charge is 0.477 e. The van der Waals surface area contributed by atoms with Crippen molar-refractivity contribution in [3.63, 3.8) is 0 Å². The average molecular weight is 307 g/mol. The first-order valence-corrected chi connectivity index (χ1v) is 5.77. The molecule has 0 bridgehead atoms. The lowest BCUT2D eigenvalue weighted by atomic mass is 10.3. The molecule has 94 valence electrons. The highest BCUT2D eigenvalue weighted by atomic mass is 35.5. The molecule has 18 heavy (non-hydrogen) atoms. The van der Waals surface area contributed by atoms with Gasteiger partial charge < -0.3 is 10.8 Å². The van der Waals surface area contributed by atoms with Crippen LogP contribution in [-0.4, -0.2) is 20.9 Å². The van der Waals surface area contributed by atoms with Crippen molar-refractivity contribution < 1.29 is 9.90 Å². The molecule has 0 saturated carbocycles. The van der Waals surface area contributed by atoms with E-state index < -0.39 is 5.97 Å². The lowest BCUT2D eigenvalue weighted by Gasteiger charge is -2.08. The normalized spacial score (nSPS) is 10.6. The van der Waals surface area contributed by atoms with Gasteiger partial charge in [0.1, 0.15) is 11.4 Å². The van der Waals surface area contributed by atoms with Crippen LogP contribution < -0.4 is 5.73 Å². The molecule has 2 rings (SSSR count). The fourth-order valence-electron chi connectivity index (χ4n) is 1.39. The Morgan fingerprint density at radius 2 is 1.94 bits per heavy atom. The summed E-state index contributed by atoms with van der Waals surface area (Å²) in [4.78, 5) is 10.9. The Labute approximate surface area is 117 Å². The van der Waals surface area contributed by atoms with Gasteiger partial charge in [0.2, 0.25) is 0 Å². The van der Waals surface area contributed by atoms with E-state index in [1.165, 1.54) is 10.7 Å². The minimum atomic E-state index is -1.17. The molecule has 5 nitrogen and oxygen atoms in total. The van der Waals surface area contributed by atoms with Crippen LogP contribution in [0.4, 0.5) is 5.82 Å². The van der Waals surface area contributed by atoms with Crippen LogP contribution in [0.1, 0.15) is 10.4 Å². The number of carboxylic acids is 1. The topological polar surface area (TPSA) is 81.1 Å². The van der Waals surface area contributed by atoms with Gasteiger partial charge in [-0.15, -0.1) is 0 Å². The van der Waals surface area contributed by atoms with E-state index in [1.54, 1.807) is 6.07 Å². The summed E-state index contributed by atoms with van der Waals surface area (Å²) in [5.74, 6) is -1.21. The van der Waals surface area contributed by atoms with Crippen molar-refractivity contribution in [2.45, 2.75) is 0 Å². The number of nitrogens with two attached hydrogens (primary N) is 1. The lowest BCUT2D eigenvalue weighted by molar-refractivity contribution is 0.0698. The molecule has 0 saturated heterocycles. The number of carboxylic acid groups (broad SMARTS) is 1. The zero-order valence-corrected chi connectivity index (χ0v) is 11.0. The number of halogens is 3. The van der Waals surface area contributed by atoms with E-state index in [-0.39, 0.29) is 26.4 Å². The number of nitrogen functional groups attached to an aromatic ring is 1. The van der Waals surface area contributed by atoms with Gasteiger partial charge in [-0.3, -0.25) is 0 Å². The van der Waals surface area contributed by atoms with Gasteiger partial charge in [-0.05, 0) is 12.1 Å². The van der Waals surface area contributed by atoms with Gasteiger partial charge in [0.15, 0.2) is 0 Å². The molecule has 0 atom stereocenters. The van der Waals surface area contributed by atoms with Gasteiger partial charge in [0.05, 0.1) is 27.0 Å². The van der Waals surface area contributed by atoms with Crippen LogP contribution in [0, 0.1) is 0 Å².